The Hall–Kier alpha value is -1.03. The van der Waals surface area contributed by atoms with Crippen LogP contribution in [0.25, 0.3) is 0 Å². The molecule has 3 N–H and O–H groups in total. The molecule has 0 atom stereocenters. The summed E-state index contributed by atoms with van der Waals surface area (Å²) in [5.74, 6) is 0.283. The van der Waals surface area contributed by atoms with E-state index in [1.165, 1.54) is 0 Å². The van der Waals surface area contributed by atoms with Gasteiger partial charge in [0.25, 0.3) is 0 Å². The molecule has 86 valence electrons. The van der Waals surface area contributed by atoms with E-state index in [0.29, 0.717) is 5.69 Å². The fraction of sp³-hybridized carbons (Fsp3) is 0.417. The van der Waals surface area contributed by atoms with E-state index in [0.717, 1.165) is 35.0 Å². The van der Waals surface area contributed by atoms with Crippen LogP contribution in [0, 0.1) is 12.8 Å². The lowest BCUT2D eigenvalue weighted by Gasteiger charge is -2.25. The predicted octanol–water partition coefficient (Wildman–Crippen LogP) is 3.08. The van der Waals surface area contributed by atoms with Crippen LogP contribution < -0.4 is 11.1 Å². The number of carbonyl (C=O) groups is 1. The number of benzene rings is 1. The molecule has 0 spiro atoms. The zero-order valence-corrected chi connectivity index (χ0v) is 10.8. The highest BCUT2D eigenvalue weighted by Crippen LogP contribution is 2.31. The second-order valence-electron chi connectivity index (χ2n) is 4.30. The minimum atomic E-state index is 0.100. The summed E-state index contributed by atoms with van der Waals surface area (Å²) in [7, 11) is 0. The highest BCUT2D eigenvalue weighted by Gasteiger charge is 2.25. The number of carbonyl (C=O) groups excluding carboxylic acids is 1. The van der Waals surface area contributed by atoms with Crippen molar-refractivity contribution in [2.75, 3.05) is 11.1 Å². The van der Waals surface area contributed by atoms with E-state index in [4.69, 9.17) is 5.73 Å². The van der Waals surface area contributed by atoms with Gasteiger partial charge in [0.2, 0.25) is 5.91 Å². The molecule has 0 bridgehead atoms. The van der Waals surface area contributed by atoms with Crippen molar-refractivity contribution in [1.82, 2.24) is 0 Å². The summed E-state index contributed by atoms with van der Waals surface area (Å²) < 4.78 is 0.934. The van der Waals surface area contributed by atoms with Crippen molar-refractivity contribution >= 4 is 33.2 Å². The van der Waals surface area contributed by atoms with Crippen molar-refractivity contribution in [3.8, 4) is 0 Å². The Morgan fingerprint density at radius 1 is 1.50 bits per heavy atom. The van der Waals surface area contributed by atoms with Crippen LogP contribution in [-0.4, -0.2) is 5.91 Å². The zero-order valence-electron chi connectivity index (χ0n) is 9.22. The van der Waals surface area contributed by atoms with Crippen LogP contribution in [0.15, 0.2) is 16.6 Å². The molecule has 4 heteroatoms. The third-order valence-electron chi connectivity index (χ3n) is 3.05. The fourth-order valence-electron chi connectivity index (χ4n) is 1.84. The minimum absolute atomic E-state index is 0.100. The first-order chi connectivity index (χ1) is 7.58. The second kappa shape index (κ2) is 4.45. The standard InChI is InChI=1S/C12H15BrN2O/c1-7-5-9(13)6-10(14)11(7)15-12(16)8-3-2-4-8/h5-6,8H,2-4,14H2,1H3,(H,15,16). The molecule has 0 radical (unpaired) electrons. The summed E-state index contributed by atoms with van der Waals surface area (Å²) in [4.78, 5) is 11.8. The lowest BCUT2D eigenvalue weighted by Crippen LogP contribution is -2.28. The Morgan fingerprint density at radius 3 is 2.69 bits per heavy atom. The summed E-state index contributed by atoms with van der Waals surface area (Å²) in [5, 5.41) is 2.92. The highest BCUT2D eigenvalue weighted by molar-refractivity contribution is 9.10. The molecule has 1 fully saturated rings. The maximum absolute atomic E-state index is 11.8. The van der Waals surface area contributed by atoms with Crippen molar-refractivity contribution in [2.45, 2.75) is 26.2 Å². The van der Waals surface area contributed by atoms with Crippen molar-refractivity contribution in [3.05, 3.63) is 22.2 Å². The number of anilines is 2. The summed E-state index contributed by atoms with van der Waals surface area (Å²) in [6.07, 6.45) is 3.16. The molecule has 0 heterocycles. The molecule has 0 aliphatic heterocycles. The van der Waals surface area contributed by atoms with Crippen molar-refractivity contribution in [1.29, 1.82) is 0 Å². The van der Waals surface area contributed by atoms with E-state index in [9.17, 15) is 4.79 Å². The molecular weight excluding hydrogens is 268 g/mol. The number of hydrogen-bond acceptors (Lipinski definition) is 2. The third-order valence-corrected chi connectivity index (χ3v) is 3.51. The molecule has 16 heavy (non-hydrogen) atoms. The van der Waals surface area contributed by atoms with Crippen LogP contribution in [0.1, 0.15) is 24.8 Å². The number of nitrogen functional groups attached to an aromatic ring is 1. The van der Waals surface area contributed by atoms with Gasteiger partial charge in [0, 0.05) is 10.4 Å². The van der Waals surface area contributed by atoms with E-state index in [-0.39, 0.29) is 11.8 Å². The number of hydrogen-bond donors (Lipinski definition) is 2. The van der Waals surface area contributed by atoms with E-state index in [2.05, 4.69) is 21.2 Å². The molecule has 1 amide bonds. The SMILES string of the molecule is Cc1cc(Br)cc(N)c1NC(=O)C1CCC1. The van der Waals surface area contributed by atoms with E-state index in [1.807, 2.05) is 19.1 Å². The lowest BCUT2D eigenvalue weighted by atomic mass is 9.84. The van der Waals surface area contributed by atoms with Gasteiger partial charge in [-0.2, -0.15) is 0 Å². The molecular formula is C12H15BrN2O. The van der Waals surface area contributed by atoms with Crippen molar-refractivity contribution in [2.24, 2.45) is 5.92 Å². The van der Waals surface area contributed by atoms with Gasteiger partial charge < -0.3 is 11.1 Å². The van der Waals surface area contributed by atoms with Gasteiger partial charge in [-0.1, -0.05) is 22.4 Å². The van der Waals surface area contributed by atoms with Gasteiger partial charge in [-0.25, -0.2) is 0 Å². The highest BCUT2D eigenvalue weighted by atomic mass is 79.9. The number of halogens is 1. The average Bonchev–Trinajstić information content (AvgIpc) is 2.08. The molecule has 1 aromatic carbocycles. The Morgan fingerprint density at radius 2 is 2.19 bits per heavy atom. The number of amides is 1. The van der Waals surface area contributed by atoms with Crippen LogP contribution in [0.5, 0.6) is 0 Å². The van der Waals surface area contributed by atoms with Gasteiger partial charge in [-0.3, -0.25) is 4.79 Å². The summed E-state index contributed by atoms with van der Waals surface area (Å²) in [6.45, 7) is 1.94. The van der Waals surface area contributed by atoms with Gasteiger partial charge in [0.05, 0.1) is 11.4 Å². The predicted molar refractivity (Wildman–Crippen MR) is 69.3 cm³/mol. The third kappa shape index (κ3) is 2.21. The Labute approximate surface area is 104 Å². The van der Waals surface area contributed by atoms with Crippen LogP contribution >= 0.6 is 15.9 Å². The van der Waals surface area contributed by atoms with Gasteiger partial charge in [0.15, 0.2) is 0 Å². The summed E-state index contributed by atoms with van der Waals surface area (Å²) >= 11 is 3.37. The van der Waals surface area contributed by atoms with Crippen LogP contribution in [-0.2, 0) is 4.79 Å². The fourth-order valence-corrected chi connectivity index (χ4v) is 2.43. The molecule has 1 aliphatic carbocycles. The first kappa shape index (κ1) is 11.5. The van der Waals surface area contributed by atoms with Crippen LogP contribution in [0.4, 0.5) is 11.4 Å². The first-order valence-corrected chi connectivity index (χ1v) is 6.23. The molecule has 1 saturated carbocycles. The van der Waals surface area contributed by atoms with E-state index in [1.54, 1.807) is 0 Å². The lowest BCUT2D eigenvalue weighted by molar-refractivity contribution is -0.122. The smallest absolute Gasteiger partial charge is 0.227 e. The van der Waals surface area contributed by atoms with Crippen molar-refractivity contribution in [3.63, 3.8) is 0 Å². The summed E-state index contributed by atoms with van der Waals surface area (Å²) in [5.41, 5.74) is 8.23. The van der Waals surface area contributed by atoms with Gasteiger partial charge in [-0.05, 0) is 37.5 Å². The molecule has 2 rings (SSSR count). The monoisotopic (exact) mass is 282 g/mol. The second-order valence-corrected chi connectivity index (χ2v) is 5.22. The van der Waals surface area contributed by atoms with Gasteiger partial charge in [-0.15, -0.1) is 0 Å². The Kier molecular flexibility index (Phi) is 3.19. The summed E-state index contributed by atoms with van der Waals surface area (Å²) in [6, 6.07) is 3.76. The molecule has 0 saturated heterocycles. The van der Waals surface area contributed by atoms with Crippen molar-refractivity contribution < 1.29 is 4.79 Å². The quantitative estimate of drug-likeness (QED) is 0.819. The zero-order chi connectivity index (χ0) is 11.7. The number of nitrogens with two attached hydrogens (primary N) is 1. The van der Waals surface area contributed by atoms with E-state index < -0.39 is 0 Å². The largest absolute Gasteiger partial charge is 0.397 e. The van der Waals surface area contributed by atoms with Gasteiger partial charge in [0.1, 0.15) is 0 Å². The van der Waals surface area contributed by atoms with Crippen LogP contribution in [0.2, 0.25) is 0 Å². The molecule has 1 aliphatic rings. The first-order valence-electron chi connectivity index (χ1n) is 5.44. The Bertz CT molecular complexity index is 404. The van der Waals surface area contributed by atoms with Crippen LogP contribution in [0.3, 0.4) is 0 Å². The van der Waals surface area contributed by atoms with Gasteiger partial charge >= 0.3 is 0 Å². The normalized spacial score (nSPS) is 15.6. The average molecular weight is 283 g/mol. The number of nitrogens with one attached hydrogen (secondary N) is 1. The molecule has 1 aromatic rings. The number of aryl methyl sites for hydroxylation is 1. The minimum Gasteiger partial charge on any atom is -0.397 e. The molecule has 0 aromatic heterocycles. The molecule has 3 nitrogen and oxygen atoms in total. The number of rotatable bonds is 2. The Balaban J connectivity index is 2.17. The molecule has 0 unspecified atom stereocenters. The topological polar surface area (TPSA) is 55.1 Å². The van der Waals surface area contributed by atoms with E-state index >= 15 is 0 Å². The maximum atomic E-state index is 11.8. The maximum Gasteiger partial charge on any atom is 0.227 e.